The van der Waals surface area contributed by atoms with Gasteiger partial charge in [0.2, 0.25) is 0 Å². The SMILES string of the molecule is CCOc1ccc(NC(=O)c2cc(-c3cc(Cl)c(C)cc3O)n[nH]2)cc1. The van der Waals surface area contributed by atoms with E-state index in [0.29, 0.717) is 28.6 Å². The van der Waals surface area contributed by atoms with E-state index in [4.69, 9.17) is 16.3 Å². The van der Waals surface area contributed by atoms with Crippen molar-refractivity contribution < 1.29 is 14.6 Å². The maximum atomic E-state index is 12.4. The fraction of sp³-hybridized carbons (Fsp3) is 0.158. The maximum absolute atomic E-state index is 12.4. The molecule has 0 aliphatic rings. The summed E-state index contributed by atoms with van der Waals surface area (Å²) in [4.78, 5) is 12.4. The number of aryl methyl sites for hydroxylation is 1. The van der Waals surface area contributed by atoms with Crippen molar-refractivity contribution in [1.82, 2.24) is 10.2 Å². The van der Waals surface area contributed by atoms with E-state index < -0.39 is 0 Å². The van der Waals surface area contributed by atoms with Gasteiger partial charge in [-0.1, -0.05) is 11.6 Å². The van der Waals surface area contributed by atoms with Gasteiger partial charge in [-0.05, 0) is 61.9 Å². The Balaban J connectivity index is 1.77. The van der Waals surface area contributed by atoms with Crippen molar-refractivity contribution in [2.45, 2.75) is 13.8 Å². The van der Waals surface area contributed by atoms with Crippen LogP contribution in [0.2, 0.25) is 5.02 Å². The fourth-order valence-corrected chi connectivity index (χ4v) is 2.61. The number of phenolic OH excluding ortho intramolecular Hbond substituents is 1. The number of nitrogens with zero attached hydrogens (tertiary/aromatic N) is 1. The number of aromatic nitrogens is 2. The van der Waals surface area contributed by atoms with Gasteiger partial charge in [-0.2, -0.15) is 5.10 Å². The van der Waals surface area contributed by atoms with Crippen LogP contribution in [-0.2, 0) is 0 Å². The number of aromatic hydroxyl groups is 1. The van der Waals surface area contributed by atoms with Crippen LogP contribution < -0.4 is 10.1 Å². The van der Waals surface area contributed by atoms with E-state index >= 15 is 0 Å². The number of hydrogen-bond donors (Lipinski definition) is 3. The first-order valence-corrected chi connectivity index (χ1v) is 8.45. The number of H-pyrrole nitrogens is 1. The minimum atomic E-state index is -0.342. The van der Waals surface area contributed by atoms with Gasteiger partial charge in [-0.15, -0.1) is 0 Å². The molecule has 0 saturated heterocycles. The van der Waals surface area contributed by atoms with Gasteiger partial charge in [-0.25, -0.2) is 0 Å². The molecule has 1 aromatic heterocycles. The Bertz CT molecular complexity index is 936. The van der Waals surface area contributed by atoms with Gasteiger partial charge in [0.05, 0.1) is 12.3 Å². The summed E-state index contributed by atoms with van der Waals surface area (Å²) >= 11 is 6.11. The predicted molar refractivity (Wildman–Crippen MR) is 101 cm³/mol. The van der Waals surface area contributed by atoms with E-state index in [1.807, 2.05) is 6.92 Å². The molecule has 0 bridgehead atoms. The Morgan fingerprint density at radius 3 is 2.69 bits per heavy atom. The molecular formula is C19H18ClN3O3. The maximum Gasteiger partial charge on any atom is 0.273 e. The summed E-state index contributed by atoms with van der Waals surface area (Å²) in [6, 6.07) is 11.8. The van der Waals surface area contributed by atoms with Crippen molar-refractivity contribution in [3.8, 4) is 22.8 Å². The number of anilines is 1. The van der Waals surface area contributed by atoms with Gasteiger partial charge >= 0.3 is 0 Å². The first-order chi connectivity index (χ1) is 12.5. The molecule has 7 heteroatoms. The quantitative estimate of drug-likeness (QED) is 0.620. The van der Waals surface area contributed by atoms with Gasteiger partial charge < -0.3 is 15.2 Å². The summed E-state index contributed by atoms with van der Waals surface area (Å²) in [6.45, 7) is 4.29. The molecule has 2 aromatic carbocycles. The van der Waals surface area contributed by atoms with Crippen molar-refractivity contribution in [2.24, 2.45) is 0 Å². The van der Waals surface area contributed by atoms with Gasteiger partial charge in [-0.3, -0.25) is 9.89 Å². The molecule has 0 spiro atoms. The third kappa shape index (κ3) is 3.81. The van der Waals surface area contributed by atoms with Gasteiger partial charge in [0.15, 0.2) is 0 Å². The highest BCUT2D eigenvalue weighted by atomic mass is 35.5. The summed E-state index contributed by atoms with van der Waals surface area (Å²) < 4.78 is 5.37. The lowest BCUT2D eigenvalue weighted by Gasteiger charge is -2.06. The van der Waals surface area contributed by atoms with Crippen molar-refractivity contribution >= 4 is 23.2 Å². The number of carbonyl (C=O) groups excluding carboxylic acids is 1. The van der Waals surface area contributed by atoms with Crippen LogP contribution in [0.25, 0.3) is 11.3 Å². The first kappa shape index (κ1) is 17.8. The molecule has 3 aromatic rings. The molecule has 0 saturated carbocycles. The summed E-state index contributed by atoms with van der Waals surface area (Å²) in [5, 5.41) is 20.2. The summed E-state index contributed by atoms with van der Waals surface area (Å²) in [7, 11) is 0. The molecule has 0 aliphatic heterocycles. The Labute approximate surface area is 155 Å². The molecule has 134 valence electrons. The van der Waals surface area contributed by atoms with Crippen LogP contribution in [0.4, 0.5) is 5.69 Å². The monoisotopic (exact) mass is 371 g/mol. The summed E-state index contributed by atoms with van der Waals surface area (Å²) in [5.74, 6) is 0.448. The van der Waals surface area contributed by atoms with E-state index in [0.717, 1.165) is 11.3 Å². The highest BCUT2D eigenvalue weighted by Gasteiger charge is 2.15. The first-order valence-electron chi connectivity index (χ1n) is 8.07. The average Bonchev–Trinajstić information content (AvgIpc) is 3.10. The molecule has 3 N–H and O–H groups in total. The number of amides is 1. The largest absolute Gasteiger partial charge is 0.507 e. The van der Waals surface area contributed by atoms with E-state index in [1.165, 1.54) is 0 Å². The van der Waals surface area contributed by atoms with Crippen LogP contribution in [0.3, 0.4) is 0 Å². The molecular weight excluding hydrogens is 354 g/mol. The minimum absolute atomic E-state index is 0.0527. The van der Waals surface area contributed by atoms with Gasteiger partial charge in [0.1, 0.15) is 17.2 Å². The minimum Gasteiger partial charge on any atom is -0.507 e. The van der Waals surface area contributed by atoms with Gasteiger partial charge in [0.25, 0.3) is 5.91 Å². The van der Waals surface area contributed by atoms with Crippen LogP contribution in [0.15, 0.2) is 42.5 Å². The third-order valence-electron chi connectivity index (χ3n) is 3.80. The van der Waals surface area contributed by atoms with Crippen LogP contribution in [-0.4, -0.2) is 27.8 Å². The number of nitrogens with one attached hydrogen (secondary N) is 2. The number of ether oxygens (including phenoxy) is 1. The van der Waals surface area contributed by atoms with E-state index in [2.05, 4.69) is 15.5 Å². The van der Waals surface area contributed by atoms with Crippen molar-refractivity contribution in [2.75, 3.05) is 11.9 Å². The molecule has 0 fully saturated rings. The highest BCUT2D eigenvalue weighted by molar-refractivity contribution is 6.31. The van der Waals surface area contributed by atoms with Crippen LogP contribution in [0.1, 0.15) is 23.0 Å². The number of carbonyl (C=O) groups is 1. The summed E-state index contributed by atoms with van der Waals surface area (Å²) in [6.07, 6.45) is 0. The molecule has 3 rings (SSSR count). The molecule has 0 unspecified atom stereocenters. The zero-order valence-corrected chi connectivity index (χ0v) is 15.1. The molecule has 0 atom stereocenters. The smallest absolute Gasteiger partial charge is 0.273 e. The van der Waals surface area contributed by atoms with Crippen LogP contribution >= 0.6 is 11.6 Å². The van der Waals surface area contributed by atoms with E-state index in [1.54, 1.807) is 49.4 Å². The highest BCUT2D eigenvalue weighted by Crippen LogP contribution is 2.33. The second-order valence-electron chi connectivity index (χ2n) is 5.70. The number of aromatic amines is 1. The standard InChI is InChI=1S/C19H18ClN3O3/c1-3-26-13-6-4-12(5-7-13)21-19(25)17-10-16(22-23-17)14-9-15(20)11(2)8-18(14)24/h4-10,24H,3H2,1-2H3,(H,21,25)(H,22,23). The Hall–Kier alpha value is -2.99. The lowest BCUT2D eigenvalue weighted by atomic mass is 10.1. The molecule has 1 amide bonds. The van der Waals surface area contributed by atoms with E-state index in [9.17, 15) is 9.90 Å². The number of rotatable bonds is 5. The van der Waals surface area contributed by atoms with Crippen molar-refractivity contribution in [1.29, 1.82) is 0 Å². The molecule has 0 aliphatic carbocycles. The van der Waals surface area contributed by atoms with Gasteiger partial charge in [0, 0.05) is 16.3 Å². The third-order valence-corrected chi connectivity index (χ3v) is 4.21. The van der Waals surface area contributed by atoms with E-state index in [-0.39, 0.29) is 17.4 Å². The molecule has 6 nitrogen and oxygen atoms in total. The number of halogens is 1. The Kier molecular flexibility index (Phi) is 5.14. The lowest BCUT2D eigenvalue weighted by molar-refractivity contribution is 0.102. The molecule has 0 radical (unpaired) electrons. The topological polar surface area (TPSA) is 87.2 Å². The van der Waals surface area contributed by atoms with Crippen molar-refractivity contribution in [3.63, 3.8) is 0 Å². The fourth-order valence-electron chi connectivity index (χ4n) is 2.45. The number of hydrogen-bond acceptors (Lipinski definition) is 4. The predicted octanol–water partition coefficient (Wildman–Crippen LogP) is 4.40. The average molecular weight is 372 g/mol. The second kappa shape index (κ2) is 7.49. The lowest BCUT2D eigenvalue weighted by Crippen LogP contribution is -2.12. The number of phenols is 1. The molecule has 26 heavy (non-hydrogen) atoms. The van der Waals surface area contributed by atoms with Crippen molar-refractivity contribution in [3.05, 3.63) is 58.7 Å². The number of benzene rings is 2. The molecule has 1 heterocycles. The zero-order chi connectivity index (χ0) is 18.7. The normalized spacial score (nSPS) is 10.6. The Morgan fingerprint density at radius 2 is 2.00 bits per heavy atom. The van der Waals surface area contributed by atoms with Crippen LogP contribution in [0, 0.1) is 6.92 Å². The Morgan fingerprint density at radius 1 is 1.27 bits per heavy atom. The second-order valence-corrected chi connectivity index (χ2v) is 6.10. The summed E-state index contributed by atoms with van der Waals surface area (Å²) in [5.41, 5.74) is 2.55. The zero-order valence-electron chi connectivity index (χ0n) is 14.3. The van der Waals surface area contributed by atoms with Crippen LogP contribution in [0.5, 0.6) is 11.5 Å².